The first kappa shape index (κ1) is 18.8. The van der Waals surface area contributed by atoms with Gasteiger partial charge in [-0.25, -0.2) is 0 Å². The Bertz CT molecular complexity index is 658. The second kappa shape index (κ2) is 6.45. The summed E-state index contributed by atoms with van der Waals surface area (Å²) >= 11 is 0. The fourth-order valence-electron chi connectivity index (χ4n) is 2.36. The van der Waals surface area contributed by atoms with Crippen molar-refractivity contribution < 1.29 is 14.3 Å². The summed E-state index contributed by atoms with van der Waals surface area (Å²) in [6.45, 7) is 7.21. The Kier molecular flexibility index (Phi) is 5.27. The van der Waals surface area contributed by atoms with Crippen LogP contribution in [0.3, 0.4) is 0 Å². The third-order valence-corrected chi connectivity index (χ3v) is 3.34. The van der Waals surface area contributed by atoms with Crippen LogP contribution in [0.2, 0.25) is 0 Å². The Labute approximate surface area is 141 Å². The highest BCUT2D eigenvalue weighted by Crippen LogP contribution is 2.39. The smallest absolute Gasteiger partial charge is 0.270 e. The van der Waals surface area contributed by atoms with Crippen molar-refractivity contribution in [2.24, 2.45) is 5.73 Å². The van der Waals surface area contributed by atoms with Gasteiger partial charge in [0.05, 0.1) is 5.69 Å². The van der Waals surface area contributed by atoms with Gasteiger partial charge in [0, 0.05) is 11.6 Å². The van der Waals surface area contributed by atoms with Crippen LogP contribution in [0.5, 0.6) is 5.75 Å². The van der Waals surface area contributed by atoms with Gasteiger partial charge < -0.3 is 15.4 Å². The molecule has 0 atom stereocenters. The third-order valence-electron chi connectivity index (χ3n) is 3.34. The summed E-state index contributed by atoms with van der Waals surface area (Å²) in [5.41, 5.74) is 5.04. The number of hydrogen-bond acceptors (Lipinski definition) is 4. The van der Waals surface area contributed by atoms with E-state index in [9.17, 15) is 9.59 Å². The topological polar surface area (TPSA) is 109 Å². The molecule has 1 heterocycles. The van der Waals surface area contributed by atoms with E-state index < -0.39 is 17.5 Å². The number of hydrogen-bond donors (Lipinski definition) is 3. The van der Waals surface area contributed by atoms with Gasteiger partial charge in [-0.3, -0.25) is 20.3 Å². The highest BCUT2D eigenvalue weighted by Gasteiger charge is 2.42. The first-order chi connectivity index (χ1) is 10.1. The monoisotopic (exact) mass is 340 g/mol. The maximum absolute atomic E-state index is 12.6. The van der Waals surface area contributed by atoms with E-state index in [-0.39, 0.29) is 24.4 Å². The molecule has 1 aromatic carbocycles. The van der Waals surface area contributed by atoms with Crippen LogP contribution in [0, 0.1) is 5.41 Å². The van der Waals surface area contributed by atoms with Crippen LogP contribution in [0.15, 0.2) is 18.2 Å². The quantitative estimate of drug-likeness (QED) is 0.561. The van der Waals surface area contributed by atoms with E-state index in [0.29, 0.717) is 17.0 Å². The van der Waals surface area contributed by atoms with Crippen molar-refractivity contribution in [3.05, 3.63) is 23.8 Å². The number of carbonyl (C=O) groups excluding carboxylic acids is 2. The summed E-state index contributed by atoms with van der Waals surface area (Å²) in [4.78, 5) is 26.1. The lowest BCUT2D eigenvalue weighted by atomic mass is 10.0. The van der Waals surface area contributed by atoms with Crippen LogP contribution < -0.4 is 20.7 Å². The fourth-order valence-corrected chi connectivity index (χ4v) is 2.36. The van der Waals surface area contributed by atoms with Crippen molar-refractivity contribution in [2.45, 2.75) is 39.3 Å². The SMILES string of the molecule is CC(C)N1C(=O)C(C)(C)Oc2ccc(C(=O)NC(=N)N)cc21.Cl. The van der Waals surface area contributed by atoms with Crippen LogP contribution in [-0.4, -0.2) is 29.4 Å². The van der Waals surface area contributed by atoms with Gasteiger partial charge >= 0.3 is 0 Å². The molecule has 2 amide bonds. The molecule has 0 aliphatic carbocycles. The molecule has 1 aliphatic heterocycles. The number of nitrogens with zero attached hydrogens (tertiary/aromatic N) is 1. The molecule has 1 aliphatic rings. The summed E-state index contributed by atoms with van der Waals surface area (Å²) in [6.07, 6.45) is 0. The second-order valence-corrected chi connectivity index (χ2v) is 5.93. The van der Waals surface area contributed by atoms with Crippen molar-refractivity contribution in [3.8, 4) is 5.75 Å². The lowest BCUT2D eigenvalue weighted by Gasteiger charge is -2.40. The molecule has 0 unspecified atom stereocenters. The Hall–Kier alpha value is -2.28. The molecule has 4 N–H and O–H groups in total. The standard InChI is InChI=1S/C15H20N4O3.ClH/c1-8(2)19-10-7-9(12(20)18-14(16)17)5-6-11(10)22-15(3,4)13(19)21;/h5-8H,1-4H3,(H4,16,17,18,20);1H. The maximum atomic E-state index is 12.6. The summed E-state index contributed by atoms with van der Waals surface area (Å²) in [7, 11) is 0. The minimum Gasteiger partial charge on any atom is -0.476 e. The molecule has 7 nitrogen and oxygen atoms in total. The summed E-state index contributed by atoms with van der Waals surface area (Å²) in [5.74, 6) is -0.565. The third kappa shape index (κ3) is 3.56. The molecule has 23 heavy (non-hydrogen) atoms. The molecule has 0 saturated carbocycles. The molecule has 8 heteroatoms. The number of benzene rings is 1. The fraction of sp³-hybridized carbons (Fsp3) is 0.400. The van der Waals surface area contributed by atoms with E-state index in [1.165, 1.54) is 0 Å². The molecular weight excluding hydrogens is 320 g/mol. The molecule has 0 saturated heterocycles. The van der Waals surface area contributed by atoms with E-state index in [4.69, 9.17) is 15.9 Å². The van der Waals surface area contributed by atoms with Crippen molar-refractivity contribution >= 4 is 35.9 Å². The highest BCUT2D eigenvalue weighted by molar-refractivity contribution is 6.07. The summed E-state index contributed by atoms with van der Waals surface area (Å²) in [5, 5.41) is 9.33. The van der Waals surface area contributed by atoms with Gasteiger partial charge in [-0.1, -0.05) is 0 Å². The number of guanidine groups is 1. The molecular formula is C15H21ClN4O3. The summed E-state index contributed by atoms with van der Waals surface area (Å²) < 4.78 is 5.74. The Morgan fingerprint density at radius 3 is 2.52 bits per heavy atom. The minimum absolute atomic E-state index is 0. The molecule has 126 valence electrons. The van der Waals surface area contributed by atoms with Crippen LogP contribution in [0.25, 0.3) is 0 Å². The van der Waals surface area contributed by atoms with E-state index in [0.717, 1.165) is 0 Å². The average molecular weight is 341 g/mol. The number of amides is 2. The molecule has 1 aromatic rings. The predicted octanol–water partition coefficient (Wildman–Crippen LogP) is 1.64. The van der Waals surface area contributed by atoms with Gasteiger partial charge in [0.1, 0.15) is 5.75 Å². The lowest BCUT2D eigenvalue weighted by Crippen LogP contribution is -2.54. The van der Waals surface area contributed by atoms with Gasteiger partial charge in [-0.2, -0.15) is 0 Å². The van der Waals surface area contributed by atoms with Crippen LogP contribution in [-0.2, 0) is 4.79 Å². The summed E-state index contributed by atoms with van der Waals surface area (Å²) in [6, 6.07) is 4.71. The van der Waals surface area contributed by atoms with E-state index in [1.54, 1.807) is 36.9 Å². The average Bonchev–Trinajstić information content (AvgIpc) is 2.38. The predicted molar refractivity (Wildman–Crippen MR) is 90.4 cm³/mol. The van der Waals surface area contributed by atoms with Crippen molar-refractivity contribution in [1.29, 1.82) is 5.41 Å². The highest BCUT2D eigenvalue weighted by atomic mass is 35.5. The van der Waals surface area contributed by atoms with E-state index >= 15 is 0 Å². The van der Waals surface area contributed by atoms with Gasteiger partial charge in [0.25, 0.3) is 11.8 Å². The number of anilines is 1. The Morgan fingerprint density at radius 1 is 1.39 bits per heavy atom. The number of halogens is 1. The molecule has 0 radical (unpaired) electrons. The second-order valence-electron chi connectivity index (χ2n) is 5.93. The molecule has 0 spiro atoms. The number of fused-ring (bicyclic) bond motifs is 1. The zero-order valence-corrected chi connectivity index (χ0v) is 14.3. The molecule has 2 rings (SSSR count). The van der Waals surface area contributed by atoms with Crippen LogP contribution in [0.1, 0.15) is 38.1 Å². The number of ether oxygens (including phenoxy) is 1. The van der Waals surface area contributed by atoms with Crippen molar-refractivity contribution in [3.63, 3.8) is 0 Å². The Balaban J connectivity index is 0.00000264. The number of nitrogens with two attached hydrogens (primary N) is 1. The van der Waals surface area contributed by atoms with Crippen molar-refractivity contribution in [1.82, 2.24) is 5.32 Å². The van der Waals surface area contributed by atoms with E-state index in [1.807, 2.05) is 13.8 Å². The normalized spacial score (nSPS) is 15.3. The van der Waals surface area contributed by atoms with Crippen LogP contribution in [0.4, 0.5) is 5.69 Å². The van der Waals surface area contributed by atoms with Gasteiger partial charge in [0.2, 0.25) is 0 Å². The zero-order chi connectivity index (χ0) is 16.7. The minimum atomic E-state index is -0.958. The van der Waals surface area contributed by atoms with E-state index in [2.05, 4.69) is 5.32 Å². The van der Waals surface area contributed by atoms with Crippen LogP contribution >= 0.6 is 12.4 Å². The lowest BCUT2D eigenvalue weighted by molar-refractivity contribution is -0.133. The van der Waals surface area contributed by atoms with Gasteiger partial charge in [-0.05, 0) is 45.9 Å². The molecule has 0 bridgehead atoms. The molecule has 0 fully saturated rings. The van der Waals surface area contributed by atoms with Gasteiger partial charge in [-0.15, -0.1) is 12.4 Å². The largest absolute Gasteiger partial charge is 0.476 e. The number of rotatable bonds is 2. The first-order valence-electron chi connectivity index (χ1n) is 6.95. The maximum Gasteiger partial charge on any atom is 0.270 e. The first-order valence-corrected chi connectivity index (χ1v) is 6.95. The number of carbonyl (C=O) groups is 2. The molecule has 0 aromatic heterocycles. The van der Waals surface area contributed by atoms with Gasteiger partial charge in [0.15, 0.2) is 11.6 Å². The van der Waals surface area contributed by atoms with Crippen molar-refractivity contribution in [2.75, 3.05) is 4.90 Å². The Morgan fingerprint density at radius 2 is 2.00 bits per heavy atom. The zero-order valence-electron chi connectivity index (χ0n) is 13.5. The number of nitrogens with one attached hydrogen (secondary N) is 2.